The average molecular weight is 325 g/mol. The van der Waals surface area contributed by atoms with E-state index < -0.39 is 10.0 Å². The number of benzene rings is 2. The number of nitrogen functional groups attached to an aromatic ring is 1. The number of anilines is 2. The highest BCUT2D eigenvalue weighted by atomic mass is 35.5. The summed E-state index contributed by atoms with van der Waals surface area (Å²) in [7, 11) is -3.73. The van der Waals surface area contributed by atoms with Crippen molar-refractivity contribution in [1.82, 2.24) is 0 Å². The molecule has 2 rings (SSSR count). The minimum absolute atomic E-state index is 0.126. The summed E-state index contributed by atoms with van der Waals surface area (Å²) >= 11 is 6.03. The van der Waals surface area contributed by atoms with E-state index in [1.54, 1.807) is 18.2 Å². The fourth-order valence-corrected chi connectivity index (χ4v) is 3.34. The first-order valence-electron chi connectivity index (χ1n) is 6.36. The lowest BCUT2D eigenvalue weighted by atomic mass is 10.1. The fourth-order valence-electron chi connectivity index (χ4n) is 1.93. The Morgan fingerprint density at radius 1 is 1.10 bits per heavy atom. The quantitative estimate of drug-likeness (QED) is 0.846. The van der Waals surface area contributed by atoms with Crippen molar-refractivity contribution in [2.24, 2.45) is 0 Å². The SMILES string of the molecule is Cc1ccc(Cl)c(NS(=O)(=O)c2cc(C)c(C)c(N)c2)c1. The number of hydrogen-bond acceptors (Lipinski definition) is 3. The summed E-state index contributed by atoms with van der Waals surface area (Å²) in [6.45, 7) is 5.54. The molecule has 21 heavy (non-hydrogen) atoms. The van der Waals surface area contributed by atoms with Crippen molar-refractivity contribution in [1.29, 1.82) is 0 Å². The van der Waals surface area contributed by atoms with Gasteiger partial charge in [-0.15, -0.1) is 0 Å². The standard InChI is InChI=1S/C15H17ClN2O2S/c1-9-4-5-13(16)15(6-9)18-21(19,20)12-7-10(2)11(3)14(17)8-12/h4-8,18H,17H2,1-3H3. The van der Waals surface area contributed by atoms with Gasteiger partial charge in [-0.1, -0.05) is 17.7 Å². The third-order valence-corrected chi connectivity index (χ3v) is 5.03. The molecule has 4 nitrogen and oxygen atoms in total. The van der Waals surface area contributed by atoms with Crippen LogP contribution in [0.3, 0.4) is 0 Å². The molecule has 0 unspecified atom stereocenters. The van der Waals surface area contributed by atoms with Crippen LogP contribution in [0.4, 0.5) is 11.4 Å². The van der Waals surface area contributed by atoms with Crippen molar-refractivity contribution < 1.29 is 8.42 Å². The summed E-state index contributed by atoms with van der Waals surface area (Å²) in [5, 5.41) is 0.348. The van der Waals surface area contributed by atoms with E-state index in [1.165, 1.54) is 6.07 Å². The molecule has 0 aliphatic carbocycles. The van der Waals surface area contributed by atoms with E-state index in [0.29, 0.717) is 16.4 Å². The normalized spacial score (nSPS) is 11.4. The van der Waals surface area contributed by atoms with Gasteiger partial charge in [-0.05, 0) is 61.7 Å². The van der Waals surface area contributed by atoms with E-state index in [-0.39, 0.29) is 4.90 Å². The van der Waals surface area contributed by atoms with Gasteiger partial charge in [0.25, 0.3) is 10.0 Å². The van der Waals surface area contributed by atoms with E-state index in [2.05, 4.69) is 4.72 Å². The van der Waals surface area contributed by atoms with E-state index in [1.807, 2.05) is 26.8 Å². The zero-order valence-corrected chi connectivity index (χ0v) is 13.6. The second-order valence-corrected chi connectivity index (χ2v) is 7.13. The molecule has 0 amide bonds. The zero-order chi connectivity index (χ0) is 15.8. The smallest absolute Gasteiger partial charge is 0.262 e. The van der Waals surface area contributed by atoms with Gasteiger partial charge in [0, 0.05) is 5.69 Å². The molecule has 0 heterocycles. The van der Waals surface area contributed by atoms with Gasteiger partial charge in [-0.2, -0.15) is 0 Å². The van der Waals surface area contributed by atoms with E-state index in [0.717, 1.165) is 16.7 Å². The second-order valence-electron chi connectivity index (χ2n) is 5.04. The number of rotatable bonds is 3. The van der Waals surface area contributed by atoms with Crippen LogP contribution in [0.1, 0.15) is 16.7 Å². The Bertz CT molecular complexity index is 778. The maximum atomic E-state index is 12.5. The van der Waals surface area contributed by atoms with Crippen molar-refractivity contribution >= 4 is 33.0 Å². The van der Waals surface area contributed by atoms with Gasteiger partial charge < -0.3 is 5.73 Å². The summed E-state index contributed by atoms with van der Waals surface area (Å²) in [6.07, 6.45) is 0. The van der Waals surface area contributed by atoms with Gasteiger partial charge in [-0.3, -0.25) is 4.72 Å². The summed E-state index contributed by atoms with van der Waals surface area (Å²) < 4.78 is 27.4. The number of hydrogen-bond donors (Lipinski definition) is 2. The monoisotopic (exact) mass is 324 g/mol. The van der Waals surface area contributed by atoms with Crippen LogP contribution in [-0.4, -0.2) is 8.42 Å². The van der Waals surface area contributed by atoms with Crippen LogP contribution < -0.4 is 10.5 Å². The third-order valence-electron chi connectivity index (χ3n) is 3.36. The first-order chi connectivity index (χ1) is 9.70. The first-order valence-corrected chi connectivity index (χ1v) is 8.22. The predicted molar refractivity (Wildman–Crippen MR) is 87.3 cm³/mol. The maximum absolute atomic E-state index is 12.5. The molecule has 0 aliphatic rings. The summed E-state index contributed by atoms with van der Waals surface area (Å²) in [5.41, 5.74) is 9.27. The van der Waals surface area contributed by atoms with E-state index >= 15 is 0 Å². The predicted octanol–water partition coefficient (Wildman–Crippen LogP) is 3.65. The van der Waals surface area contributed by atoms with Crippen LogP contribution >= 0.6 is 11.6 Å². The van der Waals surface area contributed by atoms with Crippen LogP contribution in [-0.2, 0) is 10.0 Å². The Kier molecular flexibility index (Phi) is 4.16. The van der Waals surface area contributed by atoms with Gasteiger partial charge in [0.1, 0.15) is 0 Å². The Balaban J connectivity index is 2.46. The molecule has 112 valence electrons. The molecular formula is C15H17ClN2O2S. The molecule has 0 saturated carbocycles. The molecule has 2 aromatic rings. The van der Waals surface area contributed by atoms with Crippen LogP contribution in [0.5, 0.6) is 0 Å². The Hall–Kier alpha value is -1.72. The lowest BCUT2D eigenvalue weighted by molar-refractivity contribution is 0.601. The van der Waals surface area contributed by atoms with Crippen LogP contribution in [0.2, 0.25) is 5.02 Å². The Morgan fingerprint density at radius 3 is 2.38 bits per heavy atom. The molecule has 0 aromatic heterocycles. The minimum Gasteiger partial charge on any atom is -0.398 e. The molecule has 6 heteroatoms. The van der Waals surface area contributed by atoms with Crippen molar-refractivity contribution in [3.8, 4) is 0 Å². The molecule has 0 saturated heterocycles. The number of nitrogens with two attached hydrogens (primary N) is 1. The van der Waals surface area contributed by atoms with Gasteiger partial charge in [0.05, 0.1) is 15.6 Å². The molecule has 3 N–H and O–H groups in total. The average Bonchev–Trinajstić information content (AvgIpc) is 2.39. The zero-order valence-electron chi connectivity index (χ0n) is 12.1. The molecular weight excluding hydrogens is 308 g/mol. The summed E-state index contributed by atoms with van der Waals surface area (Å²) in [6, 6.07) is 8.20. The second kappa shape index (κ2) is 5.58. The van der Waals surface area contributed by atoms with Crippen LogP contribution in [0.25, 0.3) is 0 Å². The topological polar surface area (TPSA) is 72.2 Å². The summed E-state index contributed by atoms with van der Waals surface area (Å²) in [5.74, 6) is 0. The maximum Gasteiger partial charge on any atom is 0.262 e. The minimum atomic E-state index is -3.73. The van der Waals surface area contributed by atoms with Gasteiger partial charge >= 0.3 is 0 Å². The number of halogens is 1. The summed E-state index contributed by atoms with van der Waals surface area (Å²) in [4.78, 5) is 0.126. The Morgan fingerprint density at radius 2 is 1.76 bits per heavy atom. The Labute approximate surface area is 130 Å². The molecule has 2 aromatic carbocycles. The van der Waals surface area contributed by atoms with Gasteiger partial charge in [-0.25, -0.2) is 8.42 Å². The third kappa shape index (κ3) is 3.31. The largest absolute Gasteiger partial charge is 0.398 e. The molecule has 0 aliphatic heterocycles. The van der Waals surface area contributed by atoms with E-state index in [9.17, 15) is 8.42 Å². The van der Waals surface area contributed by atoms with Crippen molar-refractivity contribution in [3.05, 3.63) is 52.0 Å². The molecule has 0 fully saturated rings. The van der Waals surface area contributed by atoms with Crippen molar-refractivity contribution in [2.45, 2.75) is 25.7 Å². The fraction of sp³-hybridized carbons (Fsp3) is 0.200. The molecule has 0 atom stereocenters. The molecule has 0 bridgehead atoms. The number of nitrogens with one attached hydrogen (secondary N) is 1. The lowest BCUT2D eigenvalue weighted by Gasteiger charge is -2.13. The number of aryl methyl sites for hydroxylation is 2. The highest BCUT2D eigenvalue weighted by molar-refractivity contribution is 7.92. The van der Waals surface area contributed by atoms with Crippen molar-refractivity contribution in [2.75, 3.05) is 10.5 Å². The first kappa shape index (κ1) is 15.7. The highest BCUT2D eigenvalue weighted by Gasteiger charge is 2.17. The van der Waals surface area contributed by atoms with Gasteiger partial charge in [0.2, 0.25) is 0 Å². The van der Waals surface area contributed by atoms with Gasteiger partial charge in [0.15, 0.2) is 0 Å². The van der Waals surface area contributed by atoms with Crippen molar-refractivity contribution in [3.63, 3.8) is 0 Å². The lowest BCUT2D eigenvalue weighted by Crippen LogP contribution is -2.14. The molecule has 0 radical (unpaired) electrons. The van der Waals surface area contributed by atoms with Crippen LogP contribution in [0.15, 0.2) is 35.2 Å². The molecule has 0 spiro atoms. The highest BCUT2D eigenvalue weighted by Crippen LogP contribution is 2.27. The number of sulfonamides is 1. The van der Waals surface area contributed by atoms with Crippen LogP contribution in [0, 0.1) is 20.8 Å². The van der Waals surface area contributed by atoms with E-state index in [4.69, 9.17) is 17.3 Å².